The van der Waals surface area contributed by atoms with E-state index in [4.69, 9.17) is 9.15 Å². The van der Waals surface area contributed by atoms with Gasteiger partial charge >= 0.3 is 0 Å². The van der Waals surface area contributed by atoms with Crippen LogP contribution in [0.3, 0.4) is 0 Å². The Morgan fingerprint density at radius 2 is 2.11 bits per heavy atom. The van der Waals surface area contributed by atoms with Crippen molar-refractivity contribution in [3.8, 4) is 5.75 Å². The molecule has 94 valence electrons. The third kappa shape index (κ3) is 1.91. The standard InChI is InChI=1S/C15H17NO2/c1-10-7-13(9-18-10)15(16-2)12-3-4-14-11(8-12)5-6-17-14/h3-4,7-9,15-16H,5-6H2,1-2H3. The zero-order valence-electron chi connectivity index (χ0n) is 10.7. The van der Waals surface area contributed by atoms with Gasteiger partial charge in [0.15, 0.2) is 0 Å². The molecule has 1 unspecified atom stereocenters. The fraction of sp³-hybridized carbons (Fsp3) is 0.333. The summed E-state index contributed by atoms with van der Waals surface area (Å²) in [5, 5.41) is 3.34. The molecule has 1 aromatic heterocycles. The van der Waals surface area contributed by atoms with Crippen molar-refractivity contribution in [1.82, 2.24) is 5.32 Å². The highest BCUT2D eigenvalue weighted by molar-refractivity contribution is 5.43. The maximum atomic E-state index is 5.54. The van der Waals surface area contributed by atoms with E-state index in [1.54, 1.807) is 0 Å². The molecule has 0 bridgehead atoms. The van der Waals surface area contributed by atoms with Crippen LogP contribution < -0.4 is 10.1 Å². The van der Waals surface area contributed by atoms with E-state index in [9.17, 15) is 0 Å². The van der Waals surface area contributed by atoms with E-state index in [2.05, 4.69) is 29.6 Å². The van der Waals surface area contributed by atoms with E-state index in [0.717, 1.165) is 30.1 Å². The van der Waals surface area contributed by atoms with Gasteiger partial charge in [-0.25, -0.2) is 0 Å². The van der Waals surface area contributed by atoms with Crippen LogP contribution in [0.4, 0.5) is 0 Å². The summed E-state index contributed by atoms with van der Waals surface area (Å²) < 4.78 is 10.9. The van der Waals surface area contributed by atoms with Gasteiger partial charge < -0.3 is 14.5 Å². The molecule has 3 nitrogen and oxygen atoms in total. The molecule has 1 atom stereocenters. The summed E-state index contributed by atoms with van der Waals surface area (Å²) in [7, 11) is 1.97. The molecule has 0 saturated carbocycles. The highest BCUT2D eigenvalue weighted by Gasteiger charge is 2.18. The minimum Gasteiger partial charge on any atom is -0.493 e. The lowest BCUT2D eigenvalue weighted by atomic mass is 9.98. The smallest absolute Gasteiger partial charge is 0.122 e. The van der Waals surface area contributed by atoms with Crippen LogP contribution in [0.15, 0.2) is 34.9 Å². The fourth-order valence-electron chi connectivity index (χ4n) is 2.53. The Labute approximate surface area is 107 Å². The minimum absolute atomic E-state index is 0.174. The molecule has 1 N–H and O–H groups in total. The van der Waals surface area contributed by atoms with Crippen molar-refractivity contribution in [2.24, 2.45) is 0 Å². The van der Waals surface area contributed by atoms with Gasteiger partial charge in [0.1, 0.15) is 11.5 Å². The van der Waals surface area contributed by atoms with Gasteiger partial charge in [0.25, 0.3) is 0 Å². The number of fused-ring (bicyclic) bond motifs is 1. The Morgan fingerprint density at radius 1 is 1.22 bits per heavy atom. The monoisotopic (exact) mass is 243 g/mol. The molecule has 2 heterocycles. The quantitative estimate of drug-likeness (QED) is 0.900. The third-order valence-corrected chi connectivity index (χ3v) is 3.42. The van der Waals surface area contributed by atoms with Crippen LogP contribution in [0.25, 0.3) is 0 Å². The molecule has 1 aromatic carbocycles. The van der Waals surface area contributed by atoms with E-state index in [1.807, 2.05) is 20.2 Å². The Bertz CT molecular complexity index is 559. The van der Waals surface area contributed by atoms with Crippen molar-refractivity contribution < 1.29 is 9.15 Å². The van der Waals surface area contributed by atoms with Crippen molar-refractivity contribution in [3.05, 3.63) is 53.0 Å². The summed E-state index contributed by atoms with van der Waals surface area (Å²) in [5.74, 6) is 1.96. The average molecular weight is 243 g/mol. The molecule has 2 aromatic rings. The predicted molar refractivity (Wildman–Crippen MR) is 70.0 cm³/mol. The second-order valence-electron chi connectivity index (χ2n) is 4.68. The molecule has 1 aliphatic heterocycles. The van der Waals surface area contributed by atoms with E-state index >= 15 is 0 Å². The van der Waals surface area contributed by atoms with Crippen LogP contribution >= 0.6 is 0 Å². The Hall–Kier alpha value is -1.74. The molecular weight excluding hydrogens is 226 g/mol. The van der Waals surface area contributed by atoms with Gasteiger partial charge in [-0.1, -0.05) is 12.1 Å². The van der Waals surface area contributed by atoms with Gasteiger partial charge in [-0.3, -0.25) is 0 Å². The lowest BCUT2D eigenvalue weighted by Gasteiger charge is -2.15. The van der Waals surface area contributed by atoms with E-state index in [0.29, 0.717) is 0 Å². The van der Waals surface area contributed by atoms with E-state index < -0.39 is 0 Å². The summed E-state index contributed by atoms with van der Waals surface area (Å²) in [6.45, 7) is 2.76. The number of hydrogen-bond acceptors (Lipinski definition) is 3. The number of nitrogens with one attached hydrogen (secondary N) is 1. The van der Waals surface area contributed by atoms with Gasteiger partial charge in [-0.05, 0) is 37.2 Å². The van der Waals surface area contributed by atoms with Crippen molar-refractivity contribution in [3.63, 3.8) is 0 Å². The number of furan rings is 1. The number of rotatable bonds is 3. The Morgan fingerprint density at radius 3 is 2.83 bits per heavy atom. The first-order chi connectivity index (χ1) is 8.78. The summed E-state index contributed by atoms with van der Waals surface area (Å²) in [6.07, 6.45) is 2.82. The maximum Gasteiger partial charge on any atom is 0.122 e. The molecule has 3 heteroatoms. The number of aryl methyl sites for hydroxylation is 1. The third-order valence-electron chi connectivity index (χ3n) is 3.42. The first-order valence-electron chi connectivity index (χ1n) is 6.26. The van der Waals surface area contributed by atoms with Gasteiger partial charge in [0.2, 0.25) is 0 Å². The predicted octanol–water partition coefficient (Wildman–Crippen LogP) is 2.83. The van der Waals surface area contributed by atoms with Crippen molar-refractivity contribution >= 4 is 0 Å². The van der Waals surface area contributed by atoms with Gasteiger partial charge in [-0.2, -0.15) is 0 Å². The van der Waals surface area contributed by atoms with Crippen LogP contribution in [0.1, 0.15) is 28.5 Å². The summed E-state index contributed by atoms with van der Waals surface area (Å²) >= 11 is 0. The second-order valence-corrected chi connectivity index (χ2v) is 4.68. The topological polar surface area (TPSA) is 34.4 Å². The minimum atomic E-state index is 0.174. The van der Waals surface area contributed by atoms with Crippen LogP contribution in [-0.2, 0) is 6.42 Å². The van der Waals surface area contributed by atoms with Crippen LogP contribution in [0.2, 0.25) is 0 Å². The van der Waals surface area contributed by atoms with Crippen LogP contribution in [0.5, 0.6) is 5.75 Å². The Balaban J connectivity index is 1.96. The van der Waals surface area contributed by atoms with Crippen molar-refractivity contribution in [2.75, 3.05) is 13.7 Å². The molecule has 1 aliphatic rings. The molecule has 0 radical (unpaired) electrons. The molecule has 18 heavy (non-hydrogen) atoms. The SMILES string of the molecule is CNC(c1coc(C)c1)c1ccc2c(c1)CCO2. The van der Waals surface area contributed by atoms with Gasteiger partial charge in [-0.15, -0.1) is 0 Å². The molecule has 0 aliphatic carbocycles. The zero-order valence-corrected chi connectivity index (χ0v) is 10.7. The molecule has 0 saturated heterocycles. The summed E-state index contributed by atoms with van der Waals surface area (Å²) in [6, 6.07) is 8.66. The first kappa shape index (κ1) is 11.4. The molecule has 0 amide bonds. The molecule has 3 rings (SSSR count). The second kappa shape index (κ2) is 4.50. The fourth-order valence-corrected chi connectivity index (χ4v) is 2.53. The van der Waals surface area contributed by atoms with E-state index in [-0.39, 0.29) is 6.04 Å². The number of benzene rings is 1. The highest BCUT2D eigenvalue weighted by atomic mass is 16.5. The molecule has 0 fully saturated rings. The number of ether oxygens (including phenoxy) is 1. The highest BCUT2D eigenvalue weighted by Crippen LogP contribution is 2.30. The molecule has 0 spiro atoms. The van der Waals surface area contributed by atoms with Crippen molar-refractivity contribution in [1.29, 1.82) is 0 Å². The average Bonchev–Trinajstić information content (AvgIpc) is 2.99. The van der Waals surface area contributed by atoms with Crippen molar-refractivity contribution in [2.45, 2.75) is 19.4 Å². The van der Waals surface area contributed by atoms with Crippen LogP contribution in [-0.4, -0.2) is 13.7 Å². The van der Waals surface area contributed by atoms with Gasteiger partial charge in [0, 0.05) is 12.0 Å². The lowest BCUT2D eigenvalue weighted by molar-refractivity contribution is 0.357. The normalized spacial score (nSPS) is 15.2. The molecular formula is C15H17NO2. The lowest BCUT2D eigenvalue weighted by Crippen LogP contribution is -2.17. The summed E-state index contributed by atoms with van der Waals surface area (Å²) in [4.78, 5) is 0. The Kier molecular flexibility index (Phi) is 2.84. The van der Waals surface area contributed by atoms with Gasteiger partial charge in [0.05, 0.1) is 18.9 Å². The largest absolute Gasteiger partial charge is 0.493 e. The summed E-state index contributed by atoms with van der Waals surface area (Å²) in [5.41, 5.74) is 3.71. The van der Waals surface area contributed by atoms with Crippen LogP contribution in [0, 0.1) is 6.92 Å². The van der Waals surface area contributed by atoms with E-state index in [1.165, 1.54) is 11.1 Å². The zero-order chi connectivity index (χ0) is 12.5. The maximum absolute atomic E-state index is 5.54. The first-order valence-corrected chi connectivity index (χ1v) is 6.26. The number of hydrogen-bond donors (Lipinski definition) is 1.